The van der Waals surface area contributed by atoms with Crippen molar-refractivity contribution < 1.29 is 0 Å². The molecule has 0 radical (unpaired) electrons. The van der Waals surface area contributed by atoms with Gasteiger partial charge in [-0.25, -0.2) is 5.10 Å². The summed E-state index contributed by atoms with van der Waals surface area (Å²) in [5.41, 5.74) is 1.49. The number of benzene rings is 1. The maximum Gasteiger partial charge on any atom is 0.230 e. The largest absolute Gasteiger partial charge is 0.340 e. The van der Waals surface area contributed by atoms with Crippen molar-refractivity contribution in [1.29, 1.82) is 0 Å². The molecule has 0 spiro atoms. The van der Waals surface area contributed by atoms with Crippen LogP contribution in [-0.4, -0.2) is 27.9 Å². The van der Waals surface area contributed by atoms with Gasteiger partial charge in [0.25, 0.3) is 0 Å². The molecule has 2 aromatic rings. The van der Waals surface area contributed by atoms with Gasteiger partial charge >= 0.3 is 0 Å². The van der Waals surface area contributed by atoms with Crippen molar-refractivity contribution in [1.82, 2.24) is 14.8 Å². The molecule has 0 bridgehead atoms. The number of para-hydroxylation sites is 1. The lowest BCUT2D eigenvalue weighted by Gasteiger charge is -2.26. The Morgan fingerprint density at radius 3 is 2.57 bits per heavy atom. The summed E-state index contributed by atoms with van der Waals surface area (Å²) in [6, 6.07) is 10.2. The fourth-order valence-corrected chi connectivity index (χ4v) is 3.48. The Balaban J connectivity index is 1.97. The van der Waals surface area contributed by atoms with E-state index in [0.29, 0.717) is 10.2 Å². The van der Waals surface area contributed by atoms with Gasteiger partial charge in [-0.3, -0.25) is 4.57 Å². The SMILES string of the molecule is CCC1(CC)CCN(c2n[nH]c(=S)n2-c2ccccc2)C1. The third kappa shape index (κ3) is 2.50. The Labute approximate surface area is 130 Å². The molecule has 0 amide bonds. The van der Waals surface area contributed by atoms with Gasteiger partial charge in [-0.05, 0) is 49.0 Å². The first kappa shape index (κ1) is 14.3. The smallest absolute Gasteiger partial charge is 0.230 e. The predicted molar refractivity (Wildman–Crippen MR) is 88.6 cm³/mol. The van der Waals surface area contributed by atoms with E-state index in [1.165, 1.54) is 19.3 Å². The van der Waals surface area contributed by atoms with Crippen LogP contribution < -0.4 is 4.90 Å². The van der Waals surface area contributed by atoms with Crippen molar-refractivity contribution in [2.24, 2.45) is 5.41 Å². The van der Waals surface area contributed by atoms with E-state index in [9.17, 15) is 0 Å². The molecule has 0 aliphatic carbocycles. The number of nitrogens with zero attached hydrogens (tertiary/aromatic N) is 3. The summed E-state index contributed by atoms with van der Waals surface area (Å²) in [4.78, 5) is 2.37. The highest BCUT2D eigenvalue weighted by Crippen LogP contribution is 2.38. The van der Waals surface area contributed by atoms with Crippen molar-refractivity contribution in [2.45, 2.75) is 33.1 Å². The van der Waals surface area contributed by atoms with Crippen LogP contribution in [0.15, 0.2) is 30.3 Å². The molecule has 3 rings (SSSR count). The van der Waals surface area contributed by atoms with Crippen molar-refractivity contribution in [3.63, 3.8) is 0 Å². The van der Waals surface area contributed by atoms with Crippen LogP contribution in [0.25, 0.3) is 5.69 Å². The molecule has 1 aliphatic heterocycles. The molecule has 2 heterocycles. The minimum Gasteiger partial charge on any atom is -0.340 e. The van der Waals surface area contributed by atoms with Crippen molar-refractivity contribution in [3.05, 3.63) is 35.1 Å². The molecule has 0 unspecified atom stereocenters. The summed E-state index contributed by atoms with van der Waals surface area (Å²) in [6.07, 6.45) is 3.67. The first-order valence-corrected chi connectivity index (χ1v) is 8.08. The molecule has 1 aromatic carbocycles. The van der Waals surface area contributed by atoms with E-state index >= 15 is 0 Å². The Bertz CT molecular complexity index is 654. The summed E-state index contributed by atoms with van der Waals surface area (Å²) in [5.74, 6) is 0.940. The lowest BCUT2D eigenvalue weighted by Crippen LogP contribution is -2.28. The third-order valence-corrected chi connectivity index (χ3v) is 5.16. The Morgan fingerprint density at radius 2 is 1.95 bits per heavy atom. The quantitative estimate of drug-likeness (QED) is 0.869. The molecule has 1 saturated heterocycles. The number of aromatic nitrogens is 3. The minimum atomic E-state index is 0.426. The number of H-pyrrole nitrogens is 1. The zero-order valence-electron chi connectivity index (χ0n) is 12.7. The van der Waals surface area contributed by atoms with Gasteiger partial charge in [0.15, 0.2) is 0 Å². The minimum absolute atomic E-state index is 0.426. The Morgan fingerprint density at radius 1 is 1.24 bits per heavy atom. The highest BCUT2D eigenvalue weighted by atomic mass is 32.1. The van der Waals surface area contributed by atoms with Gasteiger partial charge in [0.05, 0.1) is 5.69 Å². The first-order valence-electron chi connectivity index (χ1n) is 7.67. The molecule has 0 atom stereocenters. The van der Waals surface area contributed by atoms with Gasteiger partial charge in [-0.15, -0.1) is 5.10 Å². The van der Waals surface area contributed by atoms with E-state index in [-0.39, 0.29) is 0 Å². The van der Waals surface area contributed by atoms with E-state index in [1.54, 1.807) is 0 Å². The van der Waals surface area contributed by atoms with Crippen LogP contribution in [0.5, 0.6) is 0 Å². The van der Waals surface area contributed by atoms with Crippen molar-refractivity contribution in [2.75, 3.05) is 18.0 Å². The Kier molecular flexibility index (Phi) is 3.85. The summed E-state index contributed by atoms with van der Waals surface area (Å²) < 4.78 is 2.69. The van der Waals surface area contributed by atoms with Gasteiger partial charge in [0, 0.05) is 13.1 Å². The molecule has 5 heteroatoms. The second kappa shape index (κ2) is 5.64. The predicted octanol–water partition coefficient (Wildman–Crippen LogP) is 3.95. The molecule has 21 heavy (non-hydrogen) atoms. The molecular formula is C16H22N4S. The second-order valence-electron chi connectivity index (χ2n) is 5.88. The lowest BCUT2D eigenvalue weighted by atomic mass is 9.82. The highest BCUT2D eigenvalue weighted by Gasteiger charge is 2.36. The van der Waals surface area contributed by atoms with Crippen LogP contribution in [0.4, 0.5) is 5.95 Å². The molecule has 112 valence electrons. The van der Waals surface area contributed by atoms with Crippen LogP contribution >= 0.6 is 12.2 Å². The van der Waals surface area contributed by atoms with Crippen LogP contribution in [0.2, 0.25) is 0 Å². The van der Waals surface area contributed by atoms with E-state index in [4.69, 9.17) is 12.2 Å². The number of hydrogen-bond acceptors (Lipinski definition) is 3. The van der Waals surface area contributed by atoms with Gasteiger partial charge in [0.2, 0.25) is 10.7 Å². The van der Waals surface area contributed by atoms with Crippen molar-refractivity contribution in [3.8, 4) is 5.69 Å². The zero-order chi connectivity index (χ0) is 14.9. The highest BCUT2D eigenvalue weighted by molar-refractivity contribution is 7.71. The van der Waals surface area contributed by atoms with Crippen molar-refractivity contribution >= 4 is 18.2 Å². The normalized spacial score (nSPS) is 17.3. The van der Waals surface area contributed by atoms with Gasteiger partial charge in [-0.2, -0.15) is 0 Å². The van der Waals surface area contributed by atoms with E-state index < -0.39 is 0 Å². The first-order chi connectivity index (χ1) is 10.2. The van der Waals surface area contributed by atoms with Crippen LogP contribution in [-0.2, 0) is 0 Å². The maximum atomic E-state index is 5.42. The fraction of sp³-hybridized carbons (Fsp3) is 0.500. The molecule has 1 N–H and O–H groups in total. The molecular weight excluding hydrogens is 280 g/mol. The van der Waals surface area contributed by atoms with E-state index in [1.807, 2.05) is 22.8 Å². The Hall–Kier alpha value is -1.62. The molecule has 1 fully saturated rings. The number of hydrogen-bond donors (Lipinski definition) is 1. The number of rotatable bonds is 4. The standard InChI is InChI=1S/C16H22N4S/c1-3-16(4-2)10-11-19(12-16)14-17-18-15(21)20(14)13-8-6-5-7-9-13/h5-9H,3-4,10-12H2,1-2H3,(H,18,21). The monoisotopic (exact) mass is 302 g/mol. The third-order valence-electron chi connectivity index (χ3n) is 4.89. The number of aromatic amines is 1. The molecule has 0 saturated carbocycles. The fourth-order valence-electron chi connectivity index (χ4n) is 3.24. The second-order valence-corrected chi connectivity index (χ2v) is 6.27. The van der Waals surface area contributed by atoms with Crippen LogP contribution in [0, 0.1) is 10.2 Å². The number of nitrogens with one attached hydrogen (secondary N) is 1. The number of anilines is 1. The summed E-state index contributed by atoms with van der Waals surface area (Å²) >= 11 is 5.42. The molecule has 1 aliphatic rings. The zero-order valence-corrected chi connectivity index (χ0v) is 13.5. The summed E-state index contributed by atoms with van der Waals surface area (Å²) in [7, 11) is 0. The average Bonchev–Trinajstić information content (AvgIpc) is 3.12. The lowest BCUT2D eigenvalue weighted by molar-refractivity contribution is 0.301. The molecule has 4 nitrogen and oxygen atoms in total. The maximum absolute atomic E-state index is 5.42. The van der Waals surface area contributed by atoms with E-state index in [0.717, 1.165) is 24.7 Å². The summed E-state index contributed by atoms with van der Waals surface area (Å²) in [6.45, 7) is 6.70. The molecule has 1 aromatic heterocycles. The van der Waals surface area contributed by atoms with Gasteiger partial charge in [0.1, 0.15) is 0 Å². The average molecular weight is 302 g/mol. The van der Waals surface area contributed by atoms with Gasteiger partial charge in [-0.1, -0.05) is 32.0 Å². The van der Waals surface area contributed by atoms with Gasteiger partial charge < -0.3 is 4.90 Å². The summed E-state index contributed by atoms with van der Waals surface area (Å²) in [5, 5.41) is 7.43. The van der Waals surface area contributed by atoms with Crippen LogP contribution in [0.3, 0.4) is 0 Å². The van der Waals surface area contributed by atoms with Crippen LogP contribution in [0.1, 0.15) is 33.1 Å². The topological polar surface area (TPSA) is 36.9 Å². The van der Waals surface area contributed by atoms with E-state index in [2.05, 4.69) is 41.1 Å².